The fraction of sp³-hybridized carbons (Fsp3) is 0.300. The molecule has 0 saturated heterocycles. The van der Waals surface area contributed by atoms with Crippen molar-refractivity contribution in [2.24, 2.45) is 0 Å². The van der Waals surface area contributed by atoms with Crippen LogP contribution in [0.1, 0.15) is 33.6 Å². The van der Waals surface area contributed by atoms with E-state index in [4.69, 9.17) is 0 Å². The average Bonchev–Trinajstić information content (AvgIpc) is 3.30. The molecule has 2 aromatic heterocycles. The van der Waals surface area contributed by atoms with E-state index < -0.39 is 10.0 Å². The molecule has 3 rings (SSSR count). The number of nitrogens with zero attached hydrogens (tertiary/aromatic N) is 1. The van der Waals surface area contributed by atoms with Crippen LogP contribution in [0.15, 0.2) is 41.8 Å². The fourth-order valence-corrected chi connectivity index (χ4v) is 5.53. The molecule has 0 saturated carbocycles. The maximum atomic E-state index is 12.4. The molecule has 2 N–H and O–H groups in total. The van der Waals surface area contributed by atoms with E-state index in [1.165, 1.54) is 4.88 Å². The number of amides is 1. The third-order valence-corrected chi connectivity index (χ3v) is 7.49. The van der Waals surface area contributed by atoms with Crippen molar-refractivity contribution in [2.75, 3.05) is 17.0 Å². The maximum Gasteiger partial charge on any atom is 0.251 e. The highest BCUT2D eigenvalue weighted by Crippen LogP contribution is 2.29. The van der Waals surface area contributed by atoms with Crippen LogP contribution in [0.2, 0.25) is 0 Å². The highest BCUT2D eigenvalue weighted by atomic mass is 32.2. The van der Waals surface area contributed by atoms with Crippen LogP contribution in [0.4, 0.5) is 5.69 Å². The molecule has 0 atom stereocenters. The Kier molecular flexibility index (Phi) is 7.05. The SMILES string of the molecule is CCCS(=O)(=O)Nc1cccc(C(=O)NCCc2ccc(-c3csc(C)n3)s2)c1. The zero-order valence-electron chi connectivity index (χ0n) is 16.3. The van der Waals surface area contributed by atoms with Crippen LogP contribution in [0.3, 0.4) is 0 Å². The molecule has 0 unspecified atom stereocenters. The molecule has 9 heteroatoms. The van der Waals surface area contributed by atoms with E-state index in [9.17, 15) is 13.2 Å². The van der Waals surface area contributed by atoms with Crippen molar-refractivity contribution in [3.05, 3.63) is 57.2 Å². The fourth-order valence-electron chi connectivity index (χ4n) is 2.75. The molecular formula is C20H23N3O3S3. The summed E-state index contributed by atoms with van der Waals surface area (Å²) >= 11 is 3.31. The number of thiophene rings is 1. The summed E-state index contributed by atoms with van der Waals surface area (Å²) in [7, 11) is -3.38. The number of carbonyl (C=O) groups excluding carboxylic acids is 1. The lowest BCUT2D eigenvalue weighted by Crippen LogP contribution is -2.25. The molecule has 154 valence electrons. The molecule has 0 bridgehead atoms. The second kappa shape index (κ2) is 9.51. The number of aryl methyl sites for hydroxylation is 1. The molecule has 0 radical (unpaired) electrons. The zero-order chi connectivity index (χ0) is 20.9. The molecule has 29 heavy (non-hydrogen) atoms. The lowest BCUT2D eigenvalue weighted by Gasteiger charge is -2.09. The Morgan fingerprint density at radius 1 is 1.21 bits per heavy atom. The Morgan fingerprint density at radius 3 is 2.76 bits per heavy atom. The topological polar surface area (TPSA) is 88.2 Å². The van der Waals surface area contributed by atoms with E-state index >= 15 is 0 Å². The normalized spacial score (nSPS) is 11.4. The van der Waals surface area contributed by atoms with Gasteiger partial charge in [-0.15, -0.1) is 22.7 Å². The van der Waals surface area contributed by atoms with Crippen LogP contribution >= 0.6 is 22.7 Å². The molecule has 0 aliphatic heterocycles. The second-order valence-corrected chi connectivity index (χ2v) is 10.6. The summed E-state index contributed by atoms with van der Waals surface area (Å²) in [6, 6.07) is 10.6. The van der Waals surface area contributed by atoms with Crippen molar-refractivity contribution in [3.8, 4) is 10.6 Å². The van der Waals surface area contributed by atoms with Crippen molar-refractivity contribution in [2.45, 2.75) is 26.7 Å². The number of hydrogen-bond acceptors (Lipinski definition) is 6. The summed E-state index contributed by atoms with van der Waals surface area (Å²) in [4.78, 5) is 19.2. The summed E-state index contributed by atoms with van der Waals surface area (Å²) in [5.41, 5.74) is 1.81. The minimum Gasteiger partial charge on any atom is -0.352 e. The first kappa shape index (κ1) is 21.5. The standard InChI is InChI=1S/C20H23N3O3S3/c1-3-11-29(25,26)23-16-6-4-5-15(12-16)20(24)21-10-9-17-7-8-19(28-17)18-13-27-14(2)22-18/h4-8,12-13,23H,3,9-11H2,1-2H3,(H,21,24). The third-order valence-electron chi connectivity index (χ3n) is 4.06. The van der Waals surface area contributed by atoms with Gasteiger partial charge in [-0.3, -0.25) is 9.52 Å². The average molecular weight is 450 g/mol. The van der Waals surface area contributed by atoms with Crippen molar-refractivity contribution in [3.63, 3.8) is 0 Å². The number of nitrogens with one attached hydrogen (secondary N) is 2. The van der Waals surface area contributed by atoms with Gasteiger partial charge in [0.2, 0.25) is 10.0 Å². The minimum absolute atomic E-state index is 0.0483. The van der Waals surface area contributed by atoms with Gasteiger partial charge in [-0.25, -0.2) is 13.4 Å². The summed E-state index contributed by atoms with van der Waals surface area (Å²) in [5, 5.41) is 5.99. The van der Waals surface area contributed by atoms with Gasteiger partial charge in [0.1, 0.15) is 0 Å². The number of carbonyl (C=O) groups is 1. The van der Waals surface area contributed by atoms with Crippen LogP contribution in [0.25, 0.3) is 10.6 Å². The van der Waals surface area contributed by atoms with Crippen LogP contribution < -0.4 is 10.0 Å². The van der Waals surface area contributed by atoms with Gasteiger partial charge in [-0.05, 0) is 50.1 Å². The van der Waals surface area contributed by atoms with Gasteiger partial charge in [-0.1, -0.05) is 13.0 Å². The number of benzene rings is 1. The lowest BCUT2D eigenvalue weighted by molar-refractivity contribution is 0.0954. The van der Waals surface area contributed by atoms with E-state index in [0.29, 0.717) is 24.2 Å². The van der Waals surface area contributed by atoms with Gasteiger partial charge in [0.15, 0.2) is 0 Å². The summed E-state index contributed by atoms with van der Waals surface area (Å²) in [5.74, 6) is -0.180. The van der Waals surface area contributed by atoms with E-state index in [-0.39, 0.29) is 11.7 Å². The Bertz CT molecular complexity index is 1090. The van der Waals surface area contributed by atoms with Crippen LogP contribution in [-0.2, 0) is 16.4 Å². The predicted molar refractivity (Wildman–Crippen MR) is 120 cm³/mol. The second-order valence-electron chi connectivity index (χ2n) is 6.53. The van der Waals surface area contributed by atoms with Gasteiger partial charge in [-0.2, -0.15) is 0 Å². The number of sulfonamides is 1. The molecule has 1 amide bonds. The van der Waals surface area contributed by atoms with Gasteiger partial charge >= 0.3 is 0 Å². The number of hydrogen-bond donors (Lipinski definition) is 2. The van der Waals surface area contributed by atoms with E-state index in [0.717, 1.165) is 22.0 Å². The van der Waals surface area contributed by atoms with Crippen molar-refractivity contribution in [1.29, 1.82) is 0 Å². The van der Waals surface area contributed by atoms with Crippen molar-refractivity contribution in [1.82, 2.24) is 10.3 Å². The molecule has 0 spiro atoms. The molecule has 2 heterocycles. The smallest absolute Gasteiger partial charge is 0.251 e. The number of rotatable bonds is 9. The van der Waals surface area contributed by atoms with Gasteiger partial charge in [0.25, 0.3) is 5.91 Å². The Labute approximate surface area is 179 Å². The highest BCUT2D eigenvalue weighted by molar-refractivity contribution is 7.92. The van der Waals surface area contributed by atoms with E-state index in [2.05, 4.69) is 32.5 Å². The zero-order valence-corrected chi connectivity index (χ0v) is 18.7. The maximum absolute atomic E-state index is 12.4. The number of aromatic nitrogens is 1. The summed E-state index contributed by atoms with van der Waals surface area (Å²) < 4.78 is 26.3. The Balaban J connectivity index is 1.55. The number of thiazole rings is 1. The summed E-state index contributed by atoms with van der Waals surface area (Å²) in [6.07, 6.45) is 1.25. The van der Waals surface area contributed by atoms with Gasteiger partial charge < -0.3 is 5.32 Å². The van der Waals surface area contributed by atoms with Crippen molar-refractivity contribution >= 4 is 44.3 Å². The number of anilines is 1. The largest absolute Gasteiger partial charge is 0.352 e. The molecule has 1 aromatic carbocycles. The Hall–Kier alpha value is -2.23. The monoisotopic (exact) mass is 449 g/mol. The molecule has 6 nitrogen and oxygen atoms in total. The Morgan fingerprint density at radius 2 is 2.03 bits per heavy atom. The molecular weight excluding hydrogens is 426 g/mol. The molecule has 0 fully saturated rings. The third kappa shape index (κ3) is 6.12. The first-order valence-corrected chi connectivity index (χ1v) is 12.6. The molecule has 0 aliphatic rings. The lowest BCUT2D eigenvalue weighted by atomic mass is 10.2. The van der Waals surface area contributed by atoms with Crippen LogP contribution in [0.5, 0.6) is 0 Å². The summed E-state index contributed by atoms with van der Waals surface area (Å²) in [6.45, 7) is 4.29. The van der Waals surface area contributed by atoms with Gasteiger partial charge in [0.05, 0.1) is 21.3 Å². The van der Waals surface area contributed by atoms with Crippen LogP contribution in [0, 0.1) is 6.92 Å². The van der Waals surface area contributed by atoms with Gasteiger partial charge in [0, 0.05) is 28.1 Å². The minimum atomic E-state index is -3.38. The molecule has 0 aliphatic carbocycles. The first-order chi connectivity index (χ1) is 13.9. The van der Waals surface area contributed by atoms with E-state index in [1.807, 2.05) is 6.92 Å². The highest BCUT2D eigenvalue weighted by Gasteiger charge is 2.12. The molecule has 3 aromatic rings. The predicted octanol–water partition coefficient (Wildman–Crippen LogP) is 4.30. The quantitative estimate of drug-likeness (QED) is 0.510. The van der Waals surface area contributed by atoms with E-state index in [1.54, 1.807) is 53.9 Å². The van der Waals surface area contributed by atoms with Crippen LogP contribution in [-0.4, -0.2) is 31.6 Å². The first-order valence-electron chi connectivity index (χ1n) is 9.26. The van der Waals surface area contributed by atoms with Crippen molar-refractivity contribution < 1.29 is 13.2 Å².